The van der Waals surface area contributed by atoms with Crippen LogP contribution in [0.15, 0.2) is 52.3 Å². The molecular formula is C17H16O5S. The van der Waals surface area contributed by atoms with Crippen molar-refractivity contribution in [2.45, 2.75) is 16.7 Å². The quantitative estimate of drug-likeness (QED) is 0.813. The molecular weight excluding hydrogens is 316 g/mol. The highest BCUT2D eigenvalue weighted by molar-refractivity contribution is 7.99. The summed E-state index contributed by atoms with van der Waals surface area (Å²) in [4.78, 5) is 24.8. The fourth-order valence-electron chi connectivity index (χ4n) is 1.93. The molecule has 0 spiro atoms. The van der Waals surface area contributed by atoms with Gasteiger partial charge in [0.1, 0.15) is 5.75 Å². The van der Waals surface area contributed by atoms with E-state index in [9.17, 15) is 14.7 Å². The fraction of sp³-hybridized carbons (Fsp3) is 0.176. The fourth-order valence-corrected chi connectivity index (χ4v) is 2.79. The van der Waals surface area contributed by atoms with Gasteiger partial charge in [0.05, 0.1) is 24.8 Å². The van der Waals surface area contributed by atoms with Gasteiger partial charge in [0, 0.05) is 9.79 Å². The maximum absolute atomic E-state index is 11.8. The Hall–Kier alpha value is -2.47. The average molecular weight is 332 g/mol. The van der Waals surface area contributed by atoms with E-state index < -0.39 is 11.9 Å². The average Bonchev–Trinajstić information content (AvgIpc) is 2.55. The predicted octanol–water partition coefficient (Wildman–Crippen LogP) is 3.72. The third-order valence-electron chi connectivity index (χ3n) is 3.01. The molecule has 1 N–H and O–H groups in total. The monoisotopic (exact) mass is 332 g/mol. The normalized spacial score (nSPS) is 10.2. The van der Waals surface area contributed by atoms with Crippen LogP contribution in [-0.2, 0) is 4.74 Å². The minimum Gasteiger partial charge on any atom is -0.497 e. The molecule has 0 amide bonds. The van der Waals surface area contributed by atoms with Gasteiger partial charge in [-0.05, 0) is 49.4 Å². The number of hydrogen-bond acceptors (Lipinski definition) is 5. The molecule has 0 radical (unpaired) electrons. The summed E-state index contributed by atoms with van der Waals surface area (Å²) < 4.78 is 9.98. The Labute approximate surface area is 138 Å². The summed E-state index contributed by atoms with van der Waals surface area (Å²) in [6.45, 7) is 1.87. The van der Waals surface area contributed by atoms with Gasteiger partial charge in [-0.3, -0.25) is 0 Å². The summed E-state index contributed by atoms with van der Waals surface area (Å²) in [7, 11) is 1.59. The van der Waals surface area contributed by atoms with Gasteiger partial charge in [0.25, 0.3) is 0 Å². The van der Waals surface area contributed by atoms with Gasteiger partial charge in [0.2, 0.25) is 0 Å². The van der Waals surface area contributed by atoms with E-state index in [0.29, 0.717) is 0 Å². The van der Waals surface area contributed by atoms with Gasteiger partial charge in [-0.25, -0.2) is 9.59 Å². The summed E-state index contributed by atoms with van der Waals surface area (Å²) in [6.07, 6.45) is 0. The molecule has 0 aliphatic carbocycles. The first-order valence-electron chi connectivity index (χ1n) is 6.91. The molecule has 2 aromatic carbocycles. The topological polar surface area (TPSA) is 72.8 Å². The molecule has 0 unspecified atom stereocenters. The number of carboxylic acids is 1. The molecule has 0 saturated carbocycles. The van der Waals surface area contributed by atoms with Crippen LogP contribution in [0.5, 0.6) is 5.75 Å². The number of carboxylic acid groups (broad SMARTS) is 1. The van der Waals surface area contributed by atoms with Crippen LogP contribution in [0, 0.1) is 0 Å². The second kappa shape index (κ2) is 7.69. The van der Waals surface area contributed by atoms with Crippen molar-refractivity contribution >= 4 is 23.7 Å². The van der Waals surface area contributed by atoms with Crippen LogP contribution in [0.25, 0.3) is 0 Å². The highest BCUT2D eigenvalue weighted by atomic mass is 32.2. The minimum atomic E-state index is -1.16. The van der Waals surface area contributed by atoms with Gasteiger partial charge in [-0.2, -0.15) is 0 Å². The number of aromatic carboxylic acids is 1. The van der Waals surface area contributed by atoms with Gasteiger partial charge in [-0.15, -0.1) is 0 Å². The van der Waals surface area contributed by atoms with E-state index in [1.54, 1.807) is 20.1 Å². The SMILES string of the molecule is CCOC(=O)c1ccc(Sc2ccc(OC)cc2)cc1C(=O)O. The Bertz CT molecular complexity index is 709. The summed E-state index contributed by atoms with van der Waals surface area (Å²) >= 11 is 1.40. The number of benzene rings is 2. The summed E-state index contributed by atoms with van der Waals surface area (Å²) in [5.41, 5.74) is -0.0135. The van der Waals surface area contributed by atoms with E-state index in [0.717, 1.165) is 15.5 Å². The molecule has 0 aliphatic rings. The Balaban J connectivity index is 2.27. The molecule has 0 aliphatic heterocycles. The van der Waals surface area contributed by atoms with Crippen molar-refractivity contribution in [3.63, 3.8) is 0 Å². The Kier molecular flexibility index (Phi) is 5.65. The second-order valence-corrected chi connectivity index (χ2v) is 5.66. The molecule has 23 heavy (non-hydrogen) atoms. The number of carbonyl (C=O) groups excluding carboxylic acids is 1. The smallest absolute Gasteiger partial charge is 0.338 e. The van der Waals surface area contributed by atoms with E-state index in [1.165, 1.54) is 23.9 Å². The maximum atomic E-state index is 11.8. The minimum absolute atomic E-state index is 0.0541. The molecule has 5 nitrogen and oxygen atoms in total. The van der Waals surface area contributed by atoms with E-state index in [-0.39, 0.29) is 17.7 Å². The lowest BCUT2D eigenvalue weighted by Gasteiger charge is -2.08. The maximum Gasteiger partial charge on any atom is 0.338 e. The number of ether oxygens (including phenoxy) is 2. The zero-order valence-corrected chi connectivity index (χ0v) is 13.6. The Morgan fingerprint density at radius 2 is 1.70 bits per heavy atom. The first kappa shape index (κ1) is 16.9. The highest BCUT2D eigenvalue weighted by Gasteiger charge is 2.18. The number of esters is 1. The zero-order valence-electron chi connectivity index (χ0n) is 12.7. The number of rotatable bonds is 6. The molecule has 0 heterocycles. The van der Waals surface area contributed by atoms with Crippen LogP contribution in [0.2, 0.25) is 0 Å². The van der Waals surface area contributed by atoms with Crippen LogP contribution >= 0.6 is 11.8 Å². The molecule has 0 saturated heterocycles. The molecule has 120 valence electrons. The van der Waals surface area contributed by atoms with E-state index in [4.69, 9.17) is 9.47 Å². The van der Waals surface area contributed by atoms with Gasteiger partial charge in [-0.1, -0.05) is 11.8 Å². The third-order valence-corrected chi connectivity index (χ3v) is 4.01. The van der Waals surface area contributed by atoms with Crippen LogP contribution < -0.4 is 4.74 Å². The van der Waals surface area contributed by atoms with Crippen molar-refractivity contribution in [2.24, 2.45) is 0 Å². The summed E-state index contributed by atoms with van der Waals surface area (Å²) in [5, 5.41) is 9.31. The van der Waals surface area contributed by atoms with Crippen molar-refractivity contribution in [2.75, 3.05) is 13.7 Å². The third kappa shape index (κ3) is 4.26. The molecule has 6 heteroatoms. The number of methoxy groups -OCH3 is 1. The second-order valence-electron chi connectivity index (χ2n) is 4.51. The van der Waals surface area contributed by atoms with Crippen molar-refractivity contribution in [3.05, 3.63) is 53.6 Å². The number of carbonyl (C=O) groups is 2. The van der Waals surface area contributed by atoms with Crippen LogP contribution in [-0.4, -0.2) is 30.8 Å². The summed E-state index contributed by atoms with van der Waals surface area (Å²) in [5.74, 6) is -1.05. The van der Waals surface area contributed by atoms with Gasteiger partial charge < -0.3 is 14.6 Å². The summed E-state index contributed by atoms with van der Waals surface area (Å²) in [6, 6.07) is 12.1. The van der Waals surface area contributed by atoms with Crippen LogP contribution in [0.3, 0.4) is 0 Å². The van der Waals surface area contributed by atoms with Crippen molar-refractivity contribution in [1.82, 2.24) is 0 Å². The largest absolute Gasteiger partial charge is 0.497 e. The molecule has 0 bridgehead atoms. The molecule has 2 rings (SSSR count). The number of hydrogen-bond donors (Lipinski definition) is 1. The standard InChI is InChI=1S/C17H16O5S/c1-3-22-17(20)14-9-8-13(10-15(14)16(18)19)23-12-6-4-11(21-2)5-7-12/h4-10H,3H2,1-2H3,(H,18,19). The molecule has 0 fully saturated rings. The van der Waals surface area contributed by atoms with Gasteiger partial charge >= 0.3 is 11.9 Å². The van der Waals surface area contributed by atoms with E-state index in [2.05, 4.69) is 0 Å². The lowest BCUT2D eigenvalue weighted by Crippen LogP contribution is -2.11. The van der Waals surface area contributed by atoms with Crippen LogP contribution in [0.4, 0.5) is 0 Å². The Morgan fingerprint density at radius 1 is 1.04 bits per heavy atom. The first-order chi connectivity index (χ1) is 11.0. The van der Waals surface area contributed by atoms with E-state index in [1.807, 2.05) is 24.3 Å². The molecule has 2 aromatic rings. The van der Waals surface area contributed by atoms with Crippen molar-refractivity contribution in [3.8, 4) is 5.75 Å². The van der Waals surface area contributed by atoms with E-state index >= 15 is 0 Å². The van der Waals surface area contributed by atoms with Crippen LogP contribution in [0.1, 0.15) is 27.6 Å². The lowest BCUT2D eigenvalue weighted by molar-refractivity contribution is 0.0514. The Morgan fingerprint density at radius 3 is 2.26 bits per heavy atom. The predicted molar refractivity (Wildman–Crippen MR) is 86.5 cm³/mol. The highest BCUT2D eigenvalue weighted by Crippen LogP contribution is 2.30. The zero-order chi connectivity index (χ0) is 16.8. The van der Waals surface area contributed by atoms with Crippen molar-refractivity contribution in [1.29, 1.82) is 0 Å². The first-order valence-corrected chi connectivity index (χ1v) is 7.73. The lowest BCUT2D eigenvalue weighted by atomic mass is 10.1. The van der Waals surface area contributed by atoms with Crippen molar-refractivity contribution < 1.29 is 24.2 Å². The molecule has 0 atom stereocenters. The molecule has 0 aromatic heterocycles. The van der Waals surface area contributed by atoms with Gasteiger partial charge in [0.15, 0.2) is 0 Å².